The number of halogens is 2. The van der Waals surface area contributed by atoms with E-state index in [-0.39, 0.29) is 5.02 Å². The molecule has 0 aliphatic heterocycles. The molecule has 0 fully saturated rings. The van der Waals surface area contributed by atoms with E-state index in [4.69, 9.17) is 11.6 Å². The van der Waals surface area contributed by atoms with Crippen LogP contribution in [0.15, 0.2) is 42.5 Å². The summed E-state index contributed by atoms with van der Waals surface area (Å²) in [5, 5.41) is 10.6. The van der Waals surface area contributed by atoms with Crippen LogP contribution >= 0.6 is 11.6 Å². The average molecular weight is 279 g/mol. The zero-order chi connectivity index (χ0) is 13.8. The van der Waals surface area contributed by atoms with Crippen LogP contribution in [-0.4, -0.2) is 5.11 Å². The van der Waals surface area contributed by atoms with Crippen molar-refractivity contribution in [3.8, 4) is 0 Å². The summed E-state index contributed by atoms with van der Waals surface area (Å²) in [6, 6.07) is 11.8. The van der Waals surface area contributed by atoms with Crippen LogP contribution in [0.25, 0.3) is 0 Å². The Hall–Kier alpha value is -1.38. The maximum absolute atomic E-state index is 13.0. The number of rotatable bonds is 4. The fourth-order valence-electron chi connectivity index (χ4n) is 2.11. The van der Waals surface area contributed by atoms with Crippen molar-refractivity contribution in [2.75, 3.05) is 0 Å². The van der Waals surface area contributed by atoms with Crippen molar-refractivity contribution in [1.82, 2.24) is 0 Å². The maximum Gasteiger partial charge on any atom is 0.124 e. The van der Waals surface area contributed by atoms with Gasteiger partial charge in [0.1, 0.15) is 11.9 Å². The van der Waals surface area contributed by atoms with Gasteiger partial charge in [-0.3, -0.25) is 0 Å². The first-order valence-corrected chi connectivity index (χ1v) is 6.71. The molecule has 2 aromatic rings. The summed E-state index contributed by atoms with van der Waals surface area (Å²) >= 11 is 5.98. The van der Waals surface area contributed by atoms with Crippen LogP contribution in [0.1, 0.15) is 36.1 Å². The van der Waals surface area contributed by atoms with Gasteiger partial charge in [-0.2, -0.15) is 0 Å². The molecule has 0 aromatic heterocycles. The van der Waals surface area contributed by atoms with E-state index in [0.717, 1.165) is 18.4 Å². The van der Waals surface area contributed by atoms with E-state index in [2.05, 4.69) is 6.92 Å². The van der Waals surface area contributed by atoms with Gasteiger partial charge in [0.2, 0.25) is 0 Å². The Morgan fingerprint density at radius 3 is 2.68 bits per heavy atom. The molecule has 1 nitrogen and oxygen atoms in total. The molecule has 0 saturated heterocycles. The lowest BCUT2D eigenvalue weighted by Crippen LogP contribution is -2.01. The first-order valence-electron chi connectivity index (χ1n) is 6.33. The van der Waals surface area contributed by atoms with Gasteiger partial charge in [-0.05, 0) is 29.7 Å². The Kier molecular flexibility index (Phi) is 4.56. The minimum absolute atomic E-state index is 0.244. The molecular formula is C16H16ClFO. The number of hydrogen-bond acceptors (Lipinski definition) is 1. The van der Waals surface area contributed by atoms with Gasteiger partial charge in [-0.25, -0.2) is 4.39 Å². The van der Waals surface area contributed by atoms with Crippen LogP contribution in [-0.2, 0) is 6.42 Å². The molecule has 1 N–H and O–H groups in total. The third-order valence-electron chi connectivity index (χ3n) is 3.06. The minimum Gasteiger partial charge on any atom is -0.384 e. The molecule has 0 aliphatic rings. The number of hydrogen-bond donors (Lipinski definition) is 1. The lowest BCUT2D eigenvalue weighted by molar-refractivity contribution is 0.220. The van der Waals surface area contributed by atoms with E-state index < -0.39 is 11.9 Å². The van der Waals surface area contributed by atoms with Crippen molar-refractivity contribution in [1.29, 1.82) is 0 Å². The maximum atomic E-state index is 13.0. The second-order valence-electron chi connectivity index (χ2n) is 4.56. The molecule has 0 aliphatic carbocycles. The summed E-state index contributed by atoms with van der Waals surface area (Å²) in [5.41, 5.74) is 2.48. The SMILES string of the molecule is CCCc1cccc(C(O)c2ccc(F)cc2Cl)c1. The van der Waals surface area contributed by atoms with E-state index in [1.807, 2.05) is 24.3 Å². The quantitative estimate of drug-likeness (QED) is 0.872. The highest BCUT2D eigenvalue weighted by atomic mass is 35.5. The highest BCUT2D eigenvalue weighted by Crippen LogP contribution is 2.29. The highest BCUT2D eigenvalue weighted by Gasteiger charge is 2.14. The van der Waals surface area contributed by atoms with Gasteiger partial charge >= 0.3 is 0 Å². The summed E-state index contributed by atoms with van der Waals surface area (Å²) in [4.78, 5) is 0. The summed E-state index contributed by atoms with van der Waals surface area (Å²) in [7, 11) is 0. The Bertz CT molecular complexity index is 568. The van der Waals surface area contributed by atoms with E-state index in [0.29, 0.717) is 5.56 Å². The Balaban J connectivity index is 2.32. The molecule has 0 radical (unpaired) electrons. The molecule has 0 heterocycles. The van der Waals surface area contributed by atoms with E-state index >= 15 is 0 Å². The van der Waals surface area contributed by atoms with Crippen LogP contribution in [0.5, 0.6) is 0 Å². The van der Waals surface area contributed by atoms with Gasteiger partial charge in [-0.15, -0.1) is 0 Å². The van der Waals surface area contributed by atoms with Gasteiger partial charge in [0.05, 0.1) is 0 Å². The fraction of sp³-hybridized carbons (Fsp3) is 0.250. The zero-order valence-corrected chi connectivity index (χ0v) is 11.5. The van der Waals surface area contributed by atoms with Crippen molar-refractivity contribution in [2.45, 2.75) is 25.9 Å². The predicted molar refractivity (Wildman–Crippen MR) is 75.9 cm³/mol. The van der Waals surface area contributed by atoms with Gasteiger partial charge in [0, 0.05) is 10.6 Å². The average Bonchev–Trinajstić information content (AvgIpc) is 2.39. The molecule has 0 amide bonds. The molecule has 100 valence electrons. The number of aliphatic hydroxyl groups excluding tert-OH is 1. The van der Waals surface area contributed by atoms with E-state index in [1.54, 1.807) is 0 Å². The summed E-state index contributed by atoms with van der Waals surface area (Å²) in [6.07, 6.45) is 1.19. The van der Waals surface area contributed by atoms with Crippen molar-refractivity contribution in [3.05, 3.63) is 70.0 Å². The predicted octanol–water partition coefficient (Wildman–Crippen LogP) is 4.51. The highest BCUT2D eigenvalue weighted by molar-refractivity contribution is 6.31. The van der Waals surface area contributed by atoms with Crippen molar-refractivity contribution < 1.29 is 9.50 Å². The summed E-state index contributed by atoms with van der Waals surface area (Å²) in [6.45, 7) is 2.11. The van der Waals surface area contributed by atoms with Crippen LogP contribution in [0.3, 0.4) is 0 Å². The standard InChI is InChI=1S/C16H16ClFO/c1-2-4-11-5-3-6-12(9-11)16(19)14-8-7-13(18)10-15(14)17/h3,5-10,16,19H,2,4H2,1H3. The van der Waals surface area contributed by atoms with E-state index in [9.17, 15) is 9.50 Å². The number of benzene rings is 2. The molecular weight excluding hydrogens is 263 g/mol. The fourth-order valence-corrected chi connectivity index (χ4v) is 2.38. The van der Waals surface area contributed by atoms with Crippen LogP contribution in [0.4, 0.5) is 4.39 Å². The summed E-state index contributed by atoms with van der Waals surface area (Å²) < 4.78 is 13.0. The molecule has 2 rings (SSSR count). The Morgan fingerprint density at radius 1 is 1.21 bits per heavy atom. The van der Waals surface area contributed by atoms with Gasteiger partial charge in [0.15, 0.2) is 0 Å². The van der Waals surface area contributed by atoms with Gasteiger partial charge < -0.3 is 5.11 Å². The number of aliphatic hydroxyl groups is 1. The Labute approximate surface area is 117 Å². The lowest BCUT2D eigenvalue weighted by atomic mass is 9.98. The Morgan fingerprint density at radius 2 is 2.00 bits per heavy atom. The van der Waals surface area contributed by atoms with Crippen LogP contribution < -0.4 is 0 Å². The van der Waals surface area contributed by atoms with Crippen LogP contribution in [0, 0.1) is 5.82 Å². The van der Waals surface area contributed by atoms with Crippen LogP contribution in [0.2, 0.25) is 5.02 Å². The second-order valence-corrected chi connectivity index (χ2v) is 4.97. The topological polar surface area (TPSA) is 20.2 Å². The molecule has 0 saturated carbocycles. The third-order valence-corrected chi connectivity index (χ3v) is 3.39. The molecule has 0 spiro atoms. The van der Waals surface area contributed by atoms with Crippen molar-refractivity contribution >= 4 is 11.6 Å². The first-order chi connectivity index (χ1) is 9.11. The van der Waals surface area contributed by atoms with Gasteiger partial charge in [0.25, 0.3) is 0 Å². The summed E-state index contributed by atoms with van der Waals surface area (Å²) in [5.74, 6) is -0.402. The molecule has 1 atom stereocenters. The molecule has 1 unspecified atom stereocenters. The normalized spacial score (nSPS) is 12.4. The van der Waals surface area contributed by atoms with E-state index in [1.165, 1.54) is 23.8 Å². The zero-order valence-electron chi connectivity index (χ0n) is 10.7. The lowest BCUT2D eigenvalue weighted by Gasteiger charge is -2.14. The largest absolute Gasteiger partial charge is 0.384 e. The minimum atomic E-state index is -0.829. The monoisotopic (exact) mass is 278 g/mol. The smallest absolute Gasteiger partial charge is 0.124 e. The van der Waals surface area contributed by atoms with Crippen molar-refractivity contribution in [2.24, 2.45) is 0 Å². The second kappa shape index (κ2) is 6.18. The molecule has 0 bridgehead atoms. The molecule has 3 heteroatoms. The third kappa shape index (κ3) is 3.34. The first kappa shape index (κ1) is 14.0. The molecule has 19 heavy (non-hydrogen) atoms. The van der Waals surface area contributed by atoms with Gasteiger partial charge in [-0.1, -0.05) is 55.3 Å². The number of aryl methyl sites for hydroxylation is 1. The molecule has 2 aromatic carbocycles. The van der Waals surface area contributed by atoms with Crippen molar-refractivity contribution in [3.63, 3.8) is 0 Å².